The average Bonchev–Trinajstić information content (AvgIpc) is 3.05. The second-order valence-corrected chi connectivity index (χ2v) is 4.86. The van der Waals surface area contributed by atoms with Crippen molar-refractivity contribution in [2.75, 3.05) is 13.7 Å². The van der Waals surface area contributed by atoms with E-state index >= 15 is 0 Å². The molecule has 1 saturated heterocycles. The molecule has 3 nitrogen and oxygen atoms in total. The maximum atomic E-state index is 5.67. The van der Waals surface area contributed by atoms with Crippen LogP contribution in [0.2, 0.25) is 0 Å². The summed E-state index contributed by atoms with van der Waals surface area (Å²) in [5, 5.41) is 1.24. The summed E-state index contributed by atoms with van der Waals surface area (Å²) in [6, 6.07) is 8.37. The van der Waals surface area contributed by atoms with Crippen molar-refractivity contribution in [3.8, 4) is 5.75 Å². The molecular formula is C15H19NO2. The molecule has 2 aromatic rings. The highest BCUT2D eigenvalue weighted by atomic mass is 16.5. The van der Waals surface area contributed by atoms with E-state index in [2.05, 4.69) is 29.0 Å². The van der Waals surface area contributed by atoms with Crippen LogP contribution in [0.15, 0.2) is 30.5 Å². The highest BCUT2D eigenvalue weighted by Gasteiger charge is 2.15. The van der Waals surface area contributed by atoms with E-state index in [1.807, 2.05) is 6.07 Å². The number of ether oxygens (including phenoxy) is 2. The van der Waals surface area contributed by atoms with Crippen LogP contribution in [0.4, 0.5) is 0 Å². The maximum Gasteiger partial charge on any atom is 0.119 e. The molecule has 3 rings (SSSR count). The van der Waals surface area contributed by atoms with E-state index in [-0.39, 0.29) is 0 Å². The summed E-state index contributed by atoms with van der Waals surface area (Å²) in [4.78, 5) is 0. The van der Waals surface area contributed by atoms with Gasteiger partial charge in [-0.2, -0.15) is 0 Å². The molecule has 0 aliphatic carbocycles. The molecule has 2 heterocycles. The van der Waals surface area contributed by atoms with Gasteiger partial charge in [-0.05, 0) is 43.5 Å². The molecule has 0 saturated carbocycles. The molecule has 1 atom stereocenters. The fraction of sp³-hybridized carbons (Fsp3) is 0.467. The van der Waals surface area contributed by atoms with Crippen molar-refractivity contribution in [1.29, 1.82) is 0 Å². The summed E-state index contributed by atoms with van der Waals surface area (Å²) in [6.45, 7) is 1.97. The largest absolute Gasteiger partial charge is 0.497 e. The molecule has 1 aliphatic rings. The first kappa shape index (κ1) is 11.6. The third kappa shape index (κ3) is 2.23. The summed E-state index contributed by atoms with van der Waals surface area (Å²) in [5.41, 5.74) is 1.27. The number of hydrogen-bond donors (Lipinski definition) is 0. The molecule has 1 aromatic carbocycles. The normalized spacial score (nSPS) is 19.5. The van der Waals surface area contributed by atoms with Crippen LogP contribution in [-0.2, 0) is 11.3 Å². The third-order valence-corrected chi connectivity index (χ3v) is 3.69. The Morgan fingerprint density at radius 3 is 3.11 bits per heavy atom. The monoisotopic (exact) mass is 245 g/mol. The van der Waals surface area contributed by atoms with Crippen molar-refractivity contribution in [1.82, 2.24) is 4.57 Å². The van der Waals surface area contributed by atoms with Crippen molar-refractivity contribution in [3.05, 3.63) is 30.5 Å². The first-order valence-electron chi connectivity index (χ1n) is 6.61. The highest BCUT2D eigenvalue weighted by Crippen LogP contribution is 2.23. The van der Waals surface area contributed by atoms with E-state index in [0.29, 0.717) is 6.10 Å². The van der Waals surface area contributed by atoms with Crippen molar-refractivity contribution < 1.29 is 9.47 Å². The second-order valence-electron chi connectivity index (χ2n) is 4.86. The van der Waals surface area contributed by atoms with Crippen LogP contribution >= 0.6 is 0 Å². The standard InChI is InChI=1S/C15H19NO2/c1-17-14-4-5-15-12(11-14)6-8-16(15)9-7-13-3-2-10-18-13/h4-6,8,11,13H,2-3,7,9-10H2,1H3. The molecule has 0 spiro atoms. The number of aryl methyl sites for hydroxylation is 1. The van der Waals surface area contributed by atoms with Crippen LogP contribution < -0.4 is 4.74 Å². The maximum absolute atomic E-state index is 5.67. The predicted molar refractivity (Wildman–Crippen MR) is 72.1 cm³/mol. The van der Waals surface area contributed by atoms with E-state index in [0.717, 1.165) is 25.3 Å². The van der Waals surface area contributed by atoms with Crippen molar-refractivity contribution >= 4 is 10.9 Å². The predicted octanol–water partition coefficient (Wildman–Crippen LogP) is 3.22. The van der Waals surface area contributed by atoms with Crippen molar-refractivity contribution in [3.63, 3.8) is 0 Å². The molecule has 0 radical (unpaired) electrons. The molecule has 1 aliphatic heterocycles. The molecule has 1 unspecified atom stereocenters. The lowest BCUT2D eigenvalue weighted by Crippen LogP contribution is -2.09. The minimum Gasteiger partial charge on any atom is -0.497 e. The van der Waals surface area contributed by atoms with E-state index in [9.17, 15) is 0 Å². The van der Waals surface area contributed by atoms with E-state index in [1.54, 1.807) is 7.11 Å². The van der Waals surface area contributed by atoms with Crippen molar-refractivity contribution in [2.45, 2.75) is 31.9 Å². The molecule has 0 bridgehead atoms. The summed E-state index contributed by atoms with van der Waals surface area (Å²) in [7, 11) is 1.70. The van der Waals surface area contributed by atoms with Gasteiger partial charge in [0.1, 0.15) is 5.75 Å². The van der Waals surface area contributed by atoms with Crippen LogP contribution in [0.3, 0.4) is 0 Å². The number of nitrogens with zero attached hydrogens (tertiary/aromatic N) is 1. The lowest BCUT2D eigenvalue weighted by atomic mass is 10.2. The van der Waals surface area contributed by atoms with E-state index in [4.69, 9.17) is 9.47 Å². The summed E-state index contributed by atoms with van der Waals surface area (Å²) in [6.07, 6.45) is 6.15. The average molecular weight is 245 g/mol. The van der Waals surface area contributed by atoms with Crippen LogP contribution in [0.1, 0.15) is 19.3 Å². The first-order valence-corrected chi connectivity index (χ1v) is 6.61. The highest BCUT2D eigenvalue weighted by molar-refractivity contribution is 5.81. The smallest absolute Gasteiger partial charge is 0.119 e. The third-order valence-electron chi connectivity index (χ3n) is 3.69. The van der Waals surface area contributed by atoms with Gasteiger partial charge in [-0.25, -0.2) is 0 Å². The lowest BCUT2D eigenvalue weighted by Gasteiger charge is -2.11. The van der Waals surface area contributed by atoms with Crippen LogP contribution in [0.25, 0.3) is 10.9 Å². The number of methoxy groups -OCH3 is 1. The first-order chi connectivity index (χ1) is 8.86. The number of benzene rings is 1. The van der Waals surface area contributed by atoms with Gasteiger partial charge in [0.25, 0.3) is 0 Å². The van der Waals surface area contributed by atoms with Gasteiger partial charge in [-0.15, -0.1) is 0 Å². The van der Waals surface area contributed by atoms with Gasteiger partial charge in [0.05, 0.1) is 13.2 Å². The zero-order valence-corrected chi connectivity index (χ0v) is 10.8. The Kier molecular flexibility index (Phi) is 3.24. The number of fused-ring (bicyclic) bond motifs is 1. The zero-order valence-electron chi connectivity index (χ0n) is 10.8. The Hall–Kier alpha value is -1.48. The van der Waals surface area contributed by atoms with Gasteiger partial charge >= 0.3 is 0 Å². The van der Waals surface area contributed by atoms with Crippen molar-refractivity contribution in [2.24, 2.45) is 0 Å². The summed E-state index contributed by atoms with van der Waals surface area (Å²) in [5.74, 6) is 0.916. The fourth-order valence-corrected chi connectivity index (χ4v) is 2.66. The Bertz CT molecular complexity index is 526. The van der Waals surface area contributed by atoms with Gasteiger partial charge in [0.15, 0.2) is 0 Å². The van der Waals surface area contributed by atoms with Crippen LogP contribution in [0.5, 0.6) is 5.75 Å². The minimum absolute atomic E-state index is 0.459. The van der Waals surface area contributed by atoms with Crippen LogP contribution in [-0.4, -0.2) is 24.4 Å². The van der Waals surface area contributed by atoms with Gasteiger partial charge < -0.3 is 14.0 Å². The minimum atomic E-state index is 0.459. The topological polar surface area (TPSA) is 23.4 Å². The van der Waals surface area contributed by atoms with E-state index < -0.39 is 0 Å². The van der Waals surface area contributed by atoms with Gasteiger partial charge in [0, 0.05) is 30.3 Å². The molecule has 0 amide bonds. The molecule has 18 heavy (non-hydrogen) atoms. The molecule has 3 heteroatoms. The lowest BCUT2D eigenvalue weighted by molar-refractivity contribution is 0.101. The Balaban J connectivity index is 1.75. The Labute approximate surface area is 107 Å². The van der Waals surface area contributed by atoms with Gasteiger partial charge in [-0.3, -0.25) is 0 Å². The fourth-order valence-electron chi connectivity index (χ4n) is 2.66. The van der Waals surface area contributed by atoms with Crippen LogP contribution in [0, 0.1) is 0 Å². The molecule has 1 aromatic heterocycles. The number of hydrogen-bond acceptors (Lipinski definition) is 2. The SMILES string of the molecule is COc1ccc2c(ccn2CCC2CCCO2)c1. The Morgan fingerprint density at radius 1 is 1.39 bits per heavy atom. The van der Waals surface area contributed by atoms with E-state index in [1.165, 1.54) is 23.7 Å². The molecule has 0 N–H and O–H groups in total. The number of aromatic nitrogens is 1. The Morgan fingerprint density at radius 2 is 2.33 bits per heavy atom. The zero-order chi connectivity index (χ0) is 12.4. The van der Waals surface area contributed by atoms with Gasteiger partial charge in [0.2, 0.25) is 0 Å². The van der Waals surface area contributed by atoms with Gasteiger partial charge in [-0.1, -0.05) is 0 Å². The molecule has 96 valence electrons. The molecule has 1 fully saturated rings. The second kappa shape index (κ2) is 5.02. The quantitative estimate of drug-likeness (QED) is 0.825. The summed E-state index contributed by atoms with van der Waals surface area (Å²) >= 11 is 0. The molecular weight excluding hydrogens is 226 g/mol. The summed E-state index contributed by atoms with van der Waals surface area (Å²) < 4.78 is 13.2. The number of rotatable bonds is 4.